The molecule has 1 aliphatic heterocycles. The SMILES string of the molecule is COCC(O)(COC)C(=O)N1CCC(c2nc3c(-c4ccc(-c5ccccc5)nc4)cnn3c(N)c2C(C)=O)CC1. The molecule has 1 amide bonds. The zero-order valence-electron chi connectivity index (χ0n) is 23.4. The van der Waals surface area contributed by atoms with Crippen molar-refractivity contribution >= 4 is 23.2 Å². The van der Waals surface area contributed by atoms with E-state index in [1.165, 1.54) is 25.7 Å². The number of aromatic nitrogens is 4. The highest BCUT2D eigenvalue weighted by atomic mass is 16.5. The predicted octanol–water partition coefficient (Wildman–Crippen LogP) is 2.97. The molecule has 1 fully saturated rings. The summed E-state index contributed by atoms with van der Waals surface area (Å²) in [5, 5.41) is 15.3. The van der Waals surface area contributed by atoms with Crippen LogP contribution in [0.2, 0.25) is 0 Å². The monoisotopic (exact) mass is 558 g/mol. The highest BCUT2D eigenvalue weighted by Gasteiger charge is 2.41. The molecule has 0 radical (unpaired) electrons. The van der Waals surface area contributed by atoms with Gasteiger partial charge in [0.1, 0.15) is 5.82 Å². The number of hydrogen-bond acceptors (Lipinski definition) is 9. The molecule has 41 heavy (non-hydrogen) atoms. The van der Waals surface area contributed by atoms with E-state index < -0.39 is 11.5 Å². The van der Waals surface area contributed by atoms with Crippen molar-refractivity contribution in [2.24, 2.45) is 0 Å². The second kappa shape index (κ2) is 11.7. The van der Waals surface area contributed by atoms with Crippen LogP contribution in [0.25, 0.3) is 28.0 Å². The Morgan fingerprint density at radius 2 is 1.71 bits per heavy atom. The van der Waals surface area contributed by atoms with Crippen molar-refractivity contribution in [2.45, 2.75) is 31.3 Å². The molecule has 1 aliphatic rings. The first kappa shape index (κ1) is 28.3. The summed E-state index contributed by atoms with van der Waals surface area (Å²) in [5.41, 5.74) is 9.65. The van der Waals surface area contributed by atoms with Crippen LogP contribution in [0.15, 0.2) is 54.9 Å². The van der Waals surface area contributed by atoms with Crippen molar-refractivity contribution in [2.75, 3.05) is 46.3 Å². The van der Waals surface area contributed by atoms with Gasteiger partial charge in [0.2, 0.25) is 0 Å². The van der Waals surface area contributed by atoms with Crippen molar-refractivity contribution < 1.29 is 24.2 Å². The molecule has 4 heterocycles. The van der Waals surface area contributed by atoms with Crippen LogP contribution < -0.4 is 5.73 Å². The quantitative estimate of drug-likeness (QED) is 0.296. The highest BCUT2D eigenvalue weighted by Crippen LogP contribution is 2.35. The average Bonchev–Trinajstić information content (AvgIpc) is 3.42. The van der Waals surface area contributed by atoms with Crippen molar-refractivity contribution in [1.82, 2.24) is 24.5 Å². The van der Waals surface area contributed by atoms with Gasteiger partial charge in [-0.2, -0.15) is 9.61 Å². The maximum absolute atomic E-state index is 13.1. The fourth-order valence-corrected chi connectivity index (χ4v) is 5.52. The third-order valence-corrected chi connectivity index (χ3v) is 7.54. The predicted molar refractivity (Wildman–Crippen MR) is 153 cm³/mol. The number of nitrogens with two attached hydrogens (primary N) is 1. The molecule has 5 rings (SSSR count). The van der Waals surface area contributed by atoms with Gasteiger partial charge in [-0.25, -0.2) is 4.98 Å². The van der Waals surface area contributed by atoms with Crippen molar-refractivity contribution in [3.63, 3.8) is 0 Å². The summed E-state index contributed by atoms with van der Waals surface area (Å²) in [7, 11) is 2.85. The van der Waals surface area contributed by atoms with Crippen LogP contribution in [0.1, 0.15) is 41.7 Å². The lowest BCUT2D eigenvalue weighted by Gasteiger charge is -2.37. The Kier molecular flexibility index (Phi) is 8.11. The Morgan fingerprint density at radius 1 is 1.02 bits per heavy atom. The summed E-state index contributed by atoms with van der Waals surface area (Å²) < 4.78 is 11.6. The summed E-state index contributed by atoms with van der Waals surface area (Å²) in [5.74, 6) is -0.542. The van der Waals surface area contributed by atoms with E-state index in [1.54, 1.807) is 17.3 Å². The van der Waals surface area contributed by atoms with E-state index in [-0.39, 0.29) is 30.7 Å². The van der Waals surface area contributed by atoms with Gasteiger partial charge in [-0.1, -0.05) is 36.4 Å². The van der Waals surface area contributed by atoms with Crippen LogP contribution >= 0.6 is 0 Å². The van der Waals surface area contributed by atoms with Gasteiger partial charge in [-0.05, 0) is 25.8 Å². The van der Waals surface area contributed by atoms with E-state index in [1.807, 2.05) is 42.5 Å². The lowest BCUT2D eigenvalue weighted by atomic mass is 9.88. The number of anilines is 1. The molecule has 214 valence electrons. The summed E-state index contributed by atoms with van der Waals surface area (Å²) in [6.07, 6.45) is 4.54. The van der Waals surface area contributed by atoms with Crippen LogP contribution in [0.3, 0.4) is 0 Å². The Bertz CT molecular complexity index is 1540. The molecule has 1 aromatic carbocycles. The van der Waals surface area contributed by atoms with Crippen LogP contribution in [0.5, 0.6) is 0 Å². The molecule has 0 unspecified atom stereocenters. The van der Waals surface area contributed by atoms with E-state index in [0.717, 1.165) is 22.4 Å². The molecular formula is C30H34N6O5. The number of likely N-dealkylation sites (tertiary alicyclic amines) is 1. The van der Waals surface area contributed by atoms with Gasteiger partial charge >= 0.3 is 0 Å². The van der Waals surface area contributed by atoms with E-state index in [2.05, 4.69) is 10.1 Å². The number of nitrogens with zero attached hydrogens (tertiary/aromatic N) is 5. The molecule has 0 bridgehead atoms. The average molecular weight is 559 g/mol. The standard InChI is InChI=1S/C30H34N6O5/c1-19(37)25-26(21-11-13-35(14-12-21)29(38)30(39,17-40-2)18-41-3)34-28-23(16-33-36(28)27(25)31)22-9-10-24(32-15-22)20-7-5-4-6-8-20/h4-10,15-16,21,39H,11-14,17-18,31H2,1-3H3. The first-order valence-electron chi connectivity index (χ1n) is 13.5. The maximum atomic E-state index is 13.1. The number of fused-ring (bicyclic) bond motifs is 1. The van der Waals surface area contributed by atoms with Gasteiger partial charge in [0.25, 0.3) is 5.91 Å². The minimum Gasteiger partial charge on any atom is -0.383 e. The van der Waals surface area contributed by atoms with Crippen molar-refractivity contribution in [3.8, 4) is 22.4 Å². The number of Topliss-reactive ketones (excluding diaryl/α,β-unsaturated/α-hetero) is 1. The number of piperidine rings is 1. The normalized spacial score (nSPS) is 14.5. The number of amides is 1. The number of nitrogen functional groups attached to an aromatic ring is 1. The number of carbonyl (C=O) groups excluding carboxylic acids is 2. The van der Waals surface area contributed by atoms with E-state index in [0.29, 0.717) is 42.8 Å². The van der Waals surface area contributed by atoms with Crippen molar-refractivity contribution in [1.29, 1.82) is 0 Å². The lowest BCUT2D eigenvalue weighted by Crippen LogP contribution is -2.56. The first-order chi connectivity index (χ1) is 19.8. The van der Waals surface area contributed by atoms with E-state index >= 15 is 0 Å². The minimum atomic E-state index is -1.76. The Morgan fingerprint density at radius 3 is 2.29 bits per heavy atom. The molecular weight excluding hydrogens is 524 g/mol. The van der Waals surface area contributed by atoms with Gasteiger partial charge in [-0.3, -0.25) is 14.6 Å². The molecule has 0 spiro atoms. The largest absolute Gasteiger partial charge is 0.383 e. The van der Waals surface area contributed by atoms with Crippen LogP contribution in [-0.2, 0) is 14.3 Å². The summed E-state index contributed by atoms with van der Waals surface area (Å²) in [6, 6.07) is 13.8. The lowest BCUT2D eigenvalue weighted by molar-refractivity contribution is -0.164. The number of methoxy groups -OCH3 is 2. The third kappa shape index (κ3) is 5.43. The van der Waals surface area contributed by atoms with Crippen LogP contribution in [0.4, 0.5) is 5.82 Å². The first-order valence-corrected chi connectivity index (χ1v) is 13.5. The van der Waals surface area contributed by atoms with Gasteiger partial charge in [0, 0.05) is 56.1 Å². The second-order valence-electron chi connectivity index (χ2n) is 10.4. The fraction of sp³-hybridized carbons (Fsp3) is 0.367. The topological polar surface area (TPSA) is 145 Å². The fourth-order valence-electron chi connectivity index (χ4n) is 5.52. The van der Waals surface area contributed by atoms with Crippen molar-refractivity contribution in [3.05, 3.63) is 66.1 Å². The number of ketones is 1. The summed E-state index contributed by atoms with van der Waals surface area (Å²) in [4.78, 5) is 37.1. The van der Waals surface area contributed by atoms with Gasteiger partial charge in [0.05, 0.1) is 36.4 Å². The number of pyridine rings is 1. The minimum absolute atomic E-state index is 0.121. The number of hydrogen-bond donors (Lipinski definition) is 2. The molecule has 3 aromatic heterocycles. The maximum Gasteiger partial charge on any atom is 0.259 e. The number of aliphatic hydroxyl groups is 1. The zero-order chi connectivity index (χ0) is 29.1. The molecule has 0 saturated carbocycles. The molecule has 11 nitrogen and oxygen atoms in total. The van der Waals surface area contributed by atoms with Gasteiger partial charge < -0.3 is 25.2 Å². The molecule has 3 N–H and O–H groups in total. The smallest absolute Gasteiger partial charge is 0.259 e. The molecule has 0 aliphatic carbocycles. The summed E-state index contributed by atoms with van der Waals surface area (Å²) in [6.45, 7) is 1.87. The zero-order valence-corrected chi connectivity index (χ0v) is 23.4. The molecule has 0 atom stereocenters. The van der Waals surface area contributed by atoms with E-state index in [4.69, 9.17) is 20.2 Å². The Hall–Kier alpha value is -4.19. The second-order valence-corrected chi connectivity index (χ2v) is 10.4. The molecule has 4 aromatic rings. The van der Waals surface area contributed by atoms with Gasteiger partial charge in [0.15, 0.2) is 17.0 Å². The third-order valence-electron chi connectivity index (χ3n) is 7.54. The van der Waals surface area contributed by atoms with Crippen LogP contribution in [0, 0.1) is 0 Å². The number of ether oxygens (including phenoxy) is 2. The Balaban J connectivity index is 1.45. The number of benzene rings is 1. The molecule has 11 heteroatoms. The van der Waals surface area contributed by atoms with E-state index in [9.17, 15) is 14.7 Å². The number of rotatable bonds is 9. The molecule has 1 saturated heterocycles. The highest BCUT2D eigenvalue weighted by molar-refractivity contribution is 6.00. The van der Waals surface area contributed by atoms with Crippen LogP contribution in [-0.4, -0.2) is 87.4 Å². The summed E-state index contributed by atoms with van der Waals surface area (Å²) >= 11 is 0. The Labute approximate surface area is 237 Å². The number of carbonyl (C=O) groups is 2. The van der Waals surface area contributed by atoms with Gasteiger partial charge in [-0.15, -0.1) is 0 Å².